The van der Waals surface area contributed by atoms with Crippen LogP contribution in [-0.2, 0) is 16.0 Å². The van der Waals surface area contributed by atoms with Gasteiger partial charge in [-0.3, -0.25) is 0 Å². The summed E-state index contributed by atoms with van der Waals surface area (Å²) in [6.07, 6.45) is 2.70. The predicted octanol–water partition coefficient (Wildman–Crippen LogP) is 2.56. The zero-order chi connectivity index (χ0) is 12.5. The largest absolute Gasteiger partial charge is 0.465 e. The Morgan fingerprint density at radius 1 is 1.39 bits per heavy atom. The maximum Gasteiger partial charge on any atom is 0.340 e. The summed E-state index contributed by atoms with van der Waals surface area (Å²) in [5.41, 5.74) is 1.88. The van der Waals surface area contributed by atoms with E-state index in [9.17, 15) is 4.79 Å². The van der Waals surface area contributed by atoms with Gasteiger partial charge in [-0.1, -0.05) is 18.2 Å². The number of ether oxygens (including phenoxy) is 1. The first kappa shape index (κ1) is 11.3. The van der Waals surface area contributed by atoms with E-state index in [1.807, 2.05) is 12.1 Å². The Hall–Kier alpha value is -1.81. The molecule has 0 saturated heterocycles. The molecule has 0 aliphatic carbocycles. The monoisotopic (exact) mass is 259 g/mol. The first-order valence-corrected chi connectivity index (χ1v) is 6.65. The van der Waals surface area contributed by atoms with Gasteiger partial charge in [0.2, 0.25) is 0 Å². The second-order valence-corrected chi connectivity index (χ2v) is 5.21. The van der Waals surface area contributed by atoms with Crippen molar-refractivity contribution in [2.24, 2.45) is 0 Å². The highest BCUT2D eigenvalue weighted by Gasteiger charge is 2.22. The zero-order valence-corrected chi connectivity index (χ0v) is 10.8. The highest BCUT2D eigenvalue weighted by molar-refractivity contribution is 7.20. The van der Waals surface area contributed by atoms with E-state index in [2.05, 4.69) is 17.4 Å². The smallest absolute Gasteiger partial charge is 0.340 e. The SMILES string of the molecule is COC(=O)C1=CNCCc2c1sc1ccccc21. The van der Waals surface area contributed by atoms with E-state index in [-0.39, 0.29) is 5.97 Å². The van der Waals surface area contributed by atoms with Crippen LogP contribution in [0.15, 0.2) is 30.5 Å². The van der Waals surface area contributed by atoms with Crippen LogP contribution in [-0.4, -0.2) is 19.6 Å². The molecule has 0 unspecified atom stereocenters. The van der Waals surface area contributed by atoms with Crippen molar-refractivity contribution in [3.05, 3.63) is 40.9 Å². The molecule has 0 radical (unpaired) electrons. The molecule has 0 fully saturated rings. The number of methoxy groups -OCH3 is 1. The molecule has 1 aliphatic heterocycles. The molecule has 2 heterocycles. The minimum Gasteiger partial charge on any atom is -0.465 e. The van der Waals surface area contributed by atoms with Crippen LogP contribution in [0.2, 0.25) is 0 Å². The number of hydrogen-bond acceptors (Lipinski definition) is 4. The molecule has 1 aromatic carbocycles. The molecule has 0 atom stereocenters. The summed E-state index contributed by atoms with van der Waals surface area (Å²) in [5.74, 6) is -0.280. The van der Waals surface area contributed by atoms with Crippen LogP contribution in [0, 0.1) is 0 Å². The summed E-state index contributed by atoms with van der Waals surface area (Å²) in [7, 11) is 1.42. The number of fused-ring (bicyclic) bond motifs is 3. The van der Waals surface area contributed by atoms with Crippen molar-refractivity contribution < 1.29 is 9.53 Å². The Balaban J connectivity index is 2.24. The van der Waals surface area contributed by atoms with E-state index < -0.39 is 0 Å². The fourth-order valence-electron chi connectivity index (χ4n) is 2.26. The summed E-state index contributed by atoms with van der Waals surface area (Å²) in [5, 5.41) is 4.40. The molecule has 1 aromatic heterocycles. The van der Waals surface area contributed by atoms with Gasteiger partial charge in [0.15, 0.2) is 0 Å². The molecule has 0 spiro atoms. The van der Waals surface area contributed by atoms with Gasteiger partial charge in [-0.15, -0.1) is 11.3 Å². The summed E-state index contributed by atoms with van der Waals surface area (Å²) >= 11 is 1.66. The van der Waals surface area contributed by atoms with Crippen LogP contribution in [0.25, 0.3) is 15.7 Å². The van der Waals surface area contributed by atoms with Crippen LogP contribution in [0.4, 0.5) is 0 Å². The third kappa shape index (κ3) is 1.69. The first-order valence-electron chi connectivity index (χ1n) is 5.84. The van der Waals surface area contributed by atoms with Crippen LogP contribution in [0.5, 0.6) is 0 Å². The van der Waals surface area contributed by atoms with Crippen LogP contribution < -0.4 is 5.32 Å². The van der Waals surface area contributed by atoms with Gasteiger partial charge in [0, 0.05) is 22.3 Å². The normalized spacial score (nSPS) is 14.4. The molecular weight excluding hydrogens is 246 g/mol. The number of hydrogen-bond donors (Lipinski definition) is 1. The Labute approximate surface area is 109 Å². The molecule has 3 nitrogen and oxygen atoms in total. The van der Waals surface area contributed by atoms with Crippen LogP contribution >= 0.6 is 11.3 Å². The lowest BCUT2D eigenvalue weighted by Crippen LogP contribution is -2.09. The number of thiophene rings is 1. The van der Waals surface area contributed by atoms with Crippen molar-refractivity contribution in [1.29, 1.82) is 0 Å². The number of rotatable bonds is 1. The predicted molar refractivity (Wildman–Crippen MR) is 73.5 cm³/mol. The fourth-order valence-corrected chi connectivity index (χ4v) is 3.52. The number of esters is 1. The number of carbonyl (C=O) groups is 1. The molecule has 1 N–H and O–H groups in total. The summed E-state index contributed by atoms with van der Waals surface area (Å²) in [6.45, 7) is 0.841. The second kappa shape index (κ2) is 4.46. The molecule has 2 aromatic rings. The quantitative estimate of drug-likeness (QED) is 0.800. The van der Waals surface area contributed by atoms with E-state index >= 15 is 0 Å². The van der Waals surface area contributed by atoms with Gasteiger partial charge in [-0.2, -0.15) is 0 Å². The average molecular weight is 259 g/mol. The van der Waals surface area contributed by atoms with Crippen LogP contribution in [0.1, 0.15) is 10.4 Å². The molecule has 0 saturated carbocycles. The van der Waals surface area contributed by atoms with Crippen molar-refractivity contribution in [2.45, 2.75) is 6.42 Å². The lowest BCUT2D eigenvalue weighted by atomic mass is 10.0. The van der Waals surface area contributed by atoms with E-state index in [0.29, 0.717) is 5.57 Å². The van der Waals surface area contributed by atoms with Crippen molar-refractivity contribution in [1.82, 2.24) is 5.32 Å². The van der Waals surface area contributed by atoms with Gasteiger partial charge in [-0.25, -0.2) is 4.79 Å². The Morgan fingerprint density at radius 3 is 3.06 bits per heavy atom. The topological polar surface area (TPSA) is 38.3 Å². The van der Waals surface area contributed by atoms with Gasteiger partial charge in [0.25, 0.3) is 0 Å². The molecule has 0 amide bonds. The van der Waals surface area contributed by atoms with Gasteiger partial charge in [0.05, 0.1) is 12.7 Å². The maximum atomic E-state index is 11.8. The molecule has 4 heteroatoms. The molecule has 3 rings (SSSR count). The lowest BCUT2D eigenvalue weighted by Gasteiger charge is -2.02. The van der Waals surface area contributed by atoms with E-state index in [0.717, 1.165) is 17.8 Å². The summed E-state index contributed by atoms with van der Waals surface area (Å²) in [4.78, 5) is 12.9. The summed E-state index contributed by atoms with van der Waals surface area (Å²) < 4.78 is 6.08. The third-order valence-electron chi connectivity index (χ3n) is 3.11. The molecule has 0 bridgehead atoms. The Morgan fingerprint density at radius 2 is 2.22 bits per heavy atom. The highest BCUT2D eigenvalue weighted by Crippen LogP contribution is 2.37. The minimum atomic E-state index is -0.280. The van der Waals surface area contributed by atoms with E-state index in [1.165, 1.54) is 22.8 Å². The summed E-state index contributed by atoms with van der Waals surface area (Å²) in [6, 6.07) is 8.27. The number of carbonyl (C=O) groups excluding carboxylic acids is 1. The number of nitrogens with one attached hydrogen (secondary N) is 1. The van der Waals surface area contributed by atoms with Crippen molar-refractivity contribution in [3.63, 3.8) is 0 Å². The van der Waals surface area contributed by atoms with Crippen LogP contribution in [0.3, 0.4) is 0 Å². The fraction of sp³-hybridized carbons (Fsp3) is 0.214. The average Bonchev–Trinajstić information content (AvgIpc) is 2.64. The molecule has 92 valence electrons. The lowest BCUT2D eigenvalue weighted by molar-refractivity contribution is -0.133. The van der Waals surface area contributed by atoms with E-state index in [1.54, 1.807) is 17.5 Å². The molecule has 18 heavy (non-hydrogen) atoms. The van der Waals surface area contributed by atoms with Gasteiger partial charge in [-0.05, 0) is 23.4 Å². The van der Waals surface area contributed by atoms with Crippen molar-refractivity contribution in [2.75, 3.05) is 13.7 Å². The van der Waals surface area contributed by atoms with E-state index in [4.69, 9.17) is 4.74 Å². The van der Waals surface area contributed by atoms with Gasteiger partial charge < -0.3 is 10.1 Å². The molecule has 1 aliphatic rings. The Kier molecular flexibility index (Phi) is 2.80. The second-order valence-electron chi connectivity index (χ2n) is 4.16. The number of benzene rings is 1. The third-order valence-corrected chi connectivity index (χ3v) is 4.36. The Bertz CT molecular complexity index is 642. The first-order chi connectivity index (χ1) is 8.81. The van der Waals surface area contributed by atoms with Gasteiger partial charge in [0.1, 0.15) is 0 Å². The van der Waals surface area contributed by atoms with Crippen molar-refractivity contribution >= 4 is 33.0 Å². The standard InChI is InChI=1S/C14H13NO2S/c1-17-14(16)11-8-15-7-6-10-9-4-2-3-5-12(9)18-13(10)11/h2-5,8,15H,6-7H2,1H3. The minimum absolute atomic E-state index is 0.280. The highest BCUT2D eigenvalue weighted by atomic mass is 32.1. The molecular formula is C14H13NO2S. The van der Waals surface area contributed by atoms with Gasteiger partial charge >= 0.3 is 5.97 Å². The zero-order valence-electron chi connectivity index (χ0n) is 10.0. The van der Waals surface area contributed by atoms with Crippen molar-refractivity contribution in [3.8, 4) is 0 Å². The maximum absolute atomic E-state index is 11.8.